The molecule has 0 bridgehead atoms. The maximum atomic E-state index is 13.8. The quantitative estimate of drug-likeness (QED) is 0.131. The molecule has 45 heavy (non-hydrogen) atoms. The number of piperidine rings is 1. The standard InChI is InChI=1S/C32H34F6N4O3/c1-20-9-12-27(25(17-20)26-7-4-8-28(40-26)42(39)29(32(36,37)38)21(2)30(43)44)45-18-22-5-3-6-23(11-10-22)24-13-15-41(16-14-24)19-31(33,34)35/h3-4,6-12,17,24H,5,13-16,18-19,39H2,1-2H3,(H,43,44). The van der Waals surface area contributed by atoms with Crippen LogP contribution in [0.4, 0.5) is 32.2 Å². The number of likely N-dealkylation sites (tertiary alicyclic amines) is 1. The second-order valence-electron chi connectivity index (χ2n) is 11.1. The van der Waals surface area contributed by atoms with E-state index in [0.717, 1.165) is 23.6 Å². The zero-order valence-corrected chi connectivity index (χ0v) is 24.8. The van der Waals surface area contributed by atoms with E-state index in [-0.39, 0.29) is 29.0 Å². The first-order chi connectivity index (χ1) is 21.1. The molecule has 0 atom stereocenters. The van der Waals surface area contributed by atoms with Crippen molar-refractivity contribution in [1.29, 1.82) is 0 Å². The van der Waals surface area contributed by atoms with E-state index in [0.29, 0.717) is 43.7 Å². The van der Waals surface area contributed by atoms with Crippen LogP contribution in [-0.4, -0.2) is 59.6 Å². The fraction of sp³-hybridized carbons (Fsp3) is 0.375. The van der Waals surface area contributed by atoms with Crippen LogP contribution >= 0.6 is 0 Å². The maximum Gasteiger partial charge on any atom is 0.433 e. The van der Waals surface area contributed by atoms with Gasteiger partial charge in [0.25, 0.3) is 0 Å². The number of carboxylic acid groups (broad SMARTS) is 1. The van der Waals surface area contributed by atoms with Crippen LogP contribution in [0.3, 0.4) is 0 Å². The molecule has 4 rings (SSSR count). The summed E-state index contributed by atoms with van der Waals surface area (Å²) in [5.41, 5.74) is 1.10. The molecule has 7 nitrogen and oxygen atoms in total. The summed E-state index contributed by atoms with van der Waals surface area (Å²) in [4.78, 5) is 17.1. The summed E-state index contributed by atoms with van der Waals surface area (Å²) in [5, 5.41) is 9.41. The number of hydrogen-bond acceptors (Lipinski definition) is 6. The number of pyridine rings is 1. The Kier molecular flexibility index (Phi) is 10.4. The SMILES string of the molecule is CC(C(=O)O)=C(N(N)c1cccc(-c2cc(C)ccc2OCC2=CC=C(C3CCN(CC(F)(F)F)CC3)C=CC2)n1)C(F)(F)F. The largest absolute Gasteiger partial charge is 0.489 e. The van der Waals surface area contributed by atoms with Crippen LogP contribution in [0.25, 0.3) is 11.3 Å². The maximum absolute atomic E-state index is 13.8. The molecule has 2 aliphatic rings. The van der Waals surface area contributed by atoms with Gasteiger partial charge in [0, 0.05) is 5.56 Å². The number of carbonyl (C=O) groups is 1. The van der Waals surface area contributed by atoms with Crippen molar-refractivity contribution in [1.82, 2.24) is 9.88 Å². The molecule has 13 heteroatoms. The molecule has 2 heterocycles. The Morgan fingerprint density at radius 1 is 1.11 bits per heavy atom. The summed E-state index contributed by atoms with van der Waals surface area (Å²) in [5.74, 6) is 4.29. The van der Waals surface area contributed by atoms with Gasteiger partial charge in [-0.3, -0.25) is 9.91 Å². The number of hydrazine groups is 1. The van der Waals surface area contributed by atoms with Gasteiger partial charge in [0.05, 0.1) is 17.8 Å². The van der Waals surface area contributed by atoms with Gasteiger partial charge in [-0.2, -0.15) is 26.3 Å². The van der Waals surface area contributed by atoms with Gasteiger partial charge in [-0.05, 0) is 87.5 Å². The Balaban J connectivity index is 1.51. The zero-order chi connectivity index (χ0) is 32.9. The summed E-state index contributed by atoms with van der Waals surface area (Å²) in [6, 6.07) is 9.62. The summed E-state index contributed by atoms with van der Waals surface area (Å²) in [7, 11) is 0. The van der Waals surface area contributed by atoms with Gasteiger partial charge in [0.15, 0.2) is 5.70 Å². The number of halogens is 6. The third kappa shape index (κ3) is 8.98. The average Bonchev–Trinajstić information content (AvgIpc) is 3.21. The summed E-state index contributed by atoms with van der Waals surface area (Å²) in [6.07, 6.45) is 0.558. The molecule has 1 aliphatic carbocycles. The number of nitrogens with two attached hydrogens (primary N) is 1. The first-order valence-corrected chi connectivity index (χ1v) is 14.2. The molecule has 1 fully saturated rings. The van der Waals surface area contributed by atoms with Crippen molar-refractivity contribution in [2.75, 3.05) is 31.3 Å². The Morgan fingerprint density at radius 3 is 2.47 bits per heavy atom. The molecule has 0 saturated carbocycles. The molecule has 0 spiro atoms. The van der Waals surface area contributed by atoms with Gasteiger partial charge in [0.2, 0.25) is 0 Å². The minimum absolute atomic E-state index is 0.165. The van der Waals surface area contributed by atoms with Crippen molar-refractivity contribution in [2.45, 2.75) is 45.5 Å². The number of hydrogen-bond donors (Lipinski definition) is 2. The number of aryl methyl sites for hydroxylation is 1. The van der Waals surface area contributed by atoms with E-state index in [4.69, 9.17) is 10.6 Å². The third-order valence-corrected chi connectivity index (χ3v) is 7.65. The molecule has 1 aromatic heterocycles. The van der Waals surface area contributed by atoms with Crippen LogP contribution < -0.4 is 15.6 Å². The molecule has 2 aromatic rings. The molecule has 242 valence electrons. The van der Waals surface area contributed by atoms with Crippen LogP contribution in [0.15, 0.2) is 83.1 Å². The lowest BCUT2D eigenvalue weighted by Gasteiger charge is -2.32. The van der Waals surface area contributed by atoms with Crippen molar-refractivity contribution in [3.8, 4) is 17.0 Å². The lowest BCUT2D eigenvalue weighted by atomic mass is 9.88. The zero-order valence-electron chi connectivity index (χ0n) is 24.8. The minimum atomic E-state index is -5.05. The van der Waals surface area contributed by atoms with Crippen molar-refractivity contribution in [3.63, 3.8) is 0 Å². The van der Waals surface area contributed by atoms with Crippen LogP contribution in [0.1, 0.15) is 31.7 Å². The molecular weight excluding hydrogens is 602 g/mol. The number of carboxylic acids is 1. The Labute approximate surface area is 256 Å². The van der Waals surface area contributed by atoms with Crippen LogP contribution in [-0.2, 0) is 4.79 Å². The van der Waals surface area contributed by atoms with Gasteiger partial charge in [0.1, 0.15) is 18.2 Å². The van der Waals surface area contributed by atoms with E-state index in [9.17, 15) is 36.2 Å². The predicted octanol–water partition coefficient (Wildman–Crippen LogP) is 7.12. The van der Waals surface area contributed by atoms with Crippen LogP contribution in [0, 0.1) is 12.8 Å². The highest BCUT2D eigenvalue weighted by atomic mass is 19.4. The van der Waals surface area contributed by atoms with E-state index >= 15 is 0 Å². The number of benzene rings is 1. The van der Waals surface area contributed by atoms with Crippen molar-refractivity contribution in [3.05, 3.63) is 88.7 Å². The number of ether oxygens (including phenoxy) is 1. The van der Waals surface area contributed by atoms with E-state index in [1.54, 1.807) is 18.2 Å². The van der Waals surface area contributed by atoms with Gasteiger partial charge in [-0.15, -0.1) is 0 Å². The smallest absolute Gasteiger partial charge is 0.433 e. The Morgan fingerprint density at radius 2 is 1.82 bits per heavy atom. The van der Waals surface area contributed by atoms with Gasteiger partial charge < -0.3 is 9.84 Å². The highest BCUT2D eigenvalue weighted by molar-refractivity contribution is 5.88. The highest BCUT2D eigenvalue weighted by Gasteiger charge is 2.41. The third-order valence-electron chi connectivity index (χ3n) is 7.65. The number of aliphatic carboxylic acids is 1. The molecule has 0 amide bonds. The number of alkyl halides is 6. The van der Waals surface area contributed by atoms with E-state index in [1.807, 2.05) is 37.3 Å². The van der Waals surface area contributed by atoms with Crippen LogP contribution in [0.5, 0.6) is 5.75 Å². The van der Waals surface area contributed by atoms with Gasteiger partial charge in [-0.25, -0.2) is 15.6 Å². The molecule has 0 unspecified atom stereocenters. The molecule has 1 aromatic carbocycles. The molecular formula is C32H34F6N4O3. The van der Waals surface area contributed by atoms with Crippen molar-refractivity contribution in [2.24, 2.45) is 11.8 Å². The van der Waals surface area contributed by atoms with E-state index in [1.165, 1.54) is 17.0 Å². The fourth-order valence-corrected chi connectivity index (χ4v) is 5.33. The Bertz CT molecular complexity index is 1520. The predicted molar refractivity (Wildman–Crippen MR) is 158 cm³/mol. The molecule has 1 saturated heterocycles. The van der Waals surface area contributed by atoms with Gasteiger partial charge in [-0.1, -0.05) is 42.0 Å². The first-order valence-electron chi connectivity index (χ1n) is 14.2. The summed E-state index contributed by atoms with van der Waals surface area (Å²) >= 11 is 0. The number of rotatable bonds is 9. The number of anilines is 1. The summed E-state index contributed by atoms with van der Waals surface area (Å²) in [6.45, 7) is 2.74. The van der Waals surface area contributed by atoms with Crippen molar-refractivity contribution < 1.29 is 41.0 Å². The summed E-state index contributed by atoms with van der Waals surface area (Å²) < 4.78 is 85.7. The van der Waals surface area contributed by atoms with E-state index in [2.05, 4.69) is 4.98 Å². The lowest BCUT2D eigenvalue weighted by molar-refractivity contribution is -0.148. The number of aromatic nitrogens is 1. The molecule has 1 aliphatic heterocycles. The average molecular weight is 637 g/mol. The van der Waals surface area contributed by atoms with E-state index < -0.39 is 36.1 Å². The Hall–Kier alpha value is -4.10. The monoisotopic (exact) mass is 636 g/mol. The topological polar surface area (TPSA) is 91.9 Å². The van der Waals surface area contributed by atoms with Crippen LogP contribution in [0.2, 0.25) is 0 Å². The fourth-order valence-electron chi connectivity index (χ4n) is 5.33. The lowest BCUT2D eigenvalue weighted by Crippen LogP contribution is -2.40. The first kappa shape index (κ1) is 33.8. The van der Waals surface area contributed by atoms with Crippen molar-refractivity contribution >= 4 is 11.8 Å². The normalized spacial score (nSPS) is 17.3. The number of allylic oxidation sites excluding steroid dienone is 6. The molecule has 3 N–H and O–H groups in total. The second-order valence-corrected chi connectivity index (χ2v) is 11.1. The molecule has 0 radical (unpaired) electrons. The second kappa shape index (κ2) is 13.9. The van der Waals surface area contributed by atoms with Gasteiger partial charge >= 0.3 is 18.3 Å². The highest BCUT2D eigenvalue weighted by Crippen LogP contribution is 2.35. The number of nitrogens with zero attached hydrogens (tertiary/aromatic N) is 3. The minimum Gasteiger partial charge on any atom is -0.489 e.